The summed E-state index contributed by atoms with van der Waals surface area (Å²) in [5, 5.41) is 2.62. The van der Waals surface area contributed by atoms with Crippen molar-refractivity contribution in [2.75, 3.05) is 26.1 Å². The molecule has 8 nitrogen and oxygen atoms in total. The average Bonchev–Trinajstić information content (AvgIpc) is 3.59. The second kappa shape index (κ2) is 10.0. The van der Waals surface area contributed by atoms with Gasteiger partial charge in [-0.1, -0.05) is 36.4 Å². The topological polar surface area (TPSA) is 104 Å². The first-order valence-electron chi connectivity index (χ1n) is 11.5. The lowest BCUT2D eigenvalue weighted by molar-refractivity contribution is 0.0475. The van der Waals surface area contributed by atoms with Gasteiger partial charge in [0, 0.05) is 17.7 Å². The largest absolute Gasteiger partial charge is 0.493 e. The molecule has 1 aromatic heterocycles. The van der Waals surface area contributed by atoms with Crippen LogP contribution in [0.4, 0.5) is 5.69 Å². The van der Waals surface area contributed by atoms with E-state index in [2.05, 4.69) is 11.4 Å². The Morgan fingerprint density at radius 1 is 0.865 bits per heavy atom. The Balaban J connectivity index is 1.35. The van der Waals surface area contributed by atoms with E-state index in [1.807, 2.05) is 30.3 Å². The molecule has 1 amide bonds. The second-order valence-corrected chi connectivity index (χ2v) is 8.39. The summed E-state index contributed by atoms with van der Waals surface area (Å²) in [6.07, 6.45) is 2.18. The van der Waals surface area contributed by atoms with Crippen LogP contribution >= 0.6 is 0 Å². The van der Waals surface area contributed by atoms with Crippen molar-refractivity contribution >= 4 is 23.3 Å². The van der Waals surface area contributed by atoms with Gasteiger partial charge in [0.1, 0.15) is 0 Å². The number of methoxy groups -OCH3 is 2. The average molecular weight is 498 g/mol. The minimum atomic E-state index is -0.810. The highest BCUT2D eigenvalue weighted by atomic mass is 16.5. The van der Waals surface area contributed by atoms with Gasteiger partial charge in [-0.15, -0.1) is 0 Å². The number of benzene rings is 3. The van der Waals surface area contributed by atoms with E-state index in [-0.39, 0.29) is 28.5 Å². The van der Waals surface area contributed by atoms with Crippen LogP contribution in [0.15, 0.2) is 77.4 Å². The summed E-state index contributed by atoms with van der Waals surface area (Å²) in [5.41, 5.74) is 5.03. The van der Waals surface area contributed by atoms with Gasteiger partial charge >= 0.3 is 5.97 Å². The van der Waals surface area contributed by atoms with Gasteiger partial charge in [0.05, 0.1) is 31.7 Å². The third kappa shape index (κ3) is 4.69. The van der Waals surface area contributed by atoms with Crippen molar-refractivity contribution in [3.8, 4) is 22.6 Å². The van der Waals surface area contributed by atoms with Crippen LogP contribution in [0.3, 0.4) is 0 Å². The lowest BCUT2D eigenvalue weighted by Crippen LogP contribution is -2.18. The van der Waals surface area contributed by atoms with Crippen LogP contribution < -0.4 is 14.8 Å². The number of Topliss-reactive ketones (excluding diaryl/α,β-unsaturated/α-hetero) is 1. The minimum Gasteiger partial charge on any atom is -0.493 e. The lowest BCUT2D eigenvalue weighted by Gasteiger charge is -2.15. The molecule has 3 aromatic carbocycles. The summed E-state index contributed by atoms with van der Waals surface area (Å²) in [4.78, 5) is 38.5. The number of esters is 1. The van der Waals surface area contributed by atoms with Crippen molar-refractivity contribution in [1.82, 2.24) is 0 Å². The van der Waals surface area contributed by atoms with E-state index in [9.17, 15) is 14.4 Å². The first kappa shape index (κ1) is 23.9. The Hall–Kier alpha value is -4.85. The smallest absolute Gasteiger partial charge is 0.340 e. The molecule has 0 bridgehead atoms. The number of amides is 1. The van der Waals surface area contributed by atoms with Gasteiger partial charge < -0.3 is 23.9 Å². The van der Waals surface area contributed by atoms with Crippen LogP contribution in [0, 0.1) is 0 Å². The number of anilines is 1. The highest BCUT2D eigenvalue weighted by Crippen LogP contribution is 2.37. The molecule has 1 aliphatic carbocycles. The van der Waals surface area contributed by atoms with Crippen molar-refractivity contribution in [3.05, 3.63) is 101 Å². The van der Waals surface area contributed by atoms with Crippen molar-refractivity contribution in [1.29, 1.82) is 0 Å². The molecule has 0 atom stereocenters. The van der Waals surface area contributed by atoms with Crippen LogP contribution in [0.1, 0.15) is 42.4 Å². The van der Waals surface area contributed by atoms with Crippen LogP contribution in [0.2, 0.25) is 0 Å². The van der Waals surface area contributed by atoms with Crippen LogP contribution in [0.5, 0.6) is 11.5 Å². The highest BCUT2D eigenvalue weighted by Gasteiger charge is 2.23. The predicted octanol–water partition coefficient (Wildman–Crippen LogP) is 5.16. The van der Waals surface area contributed by atoms with E-state index in [0.29, 0.717) is 11.3 Å². The summed E-state index contributed by atoms with van der Waals surface area (Å²) < 4.78 is 21.1. The van der Waals surface area contributed by atoms with Crippen molar-refractivity contribution in [2.24, 2.45) is 0 Å². The molecular weight excluding hydrogens is 474 g/mol. The van der Waals surface area contributed by atoms with Gasteiger partial charge in [0.15, 0.2) is 29.6 Å². The Morgan fingerprint density at radius 3 is 2.38 bits per heavy atom. The Labute approximate surface area is 212 Å². The van der Waals surface area contributed by atoms with E-state index in [4.69, 9.17) is 18.6 Å². The van der Waals surface area contributed by atoms with Crippen molar-refractivity contribution < 1.29 is 33.0 Å². The molecule has 0 aliphatic heterocycles. The van der Waals surface area contributed by atoms with Crippen LogP contribution in [-0.4, -0.2) is 38.5 Å². The maximum atomic E-state index is 13.0. The molecule has 0 spiro atoms. The maximum absolute atomic E-state index is 13.0. The van der Waals surface area contributed by atoms with Gasteiger partial charge in [-0.05, 0) is 46.9 Å². The van der Waals surface area contributed by atoms with E-state index in [1.54, 1.807) is 12.1 Å². The van der Waals surface area contributed by atoms with Crippen LogP contribution in [0.25, 0.3) is 11.1 Å². The fraction of sp³-hybridized carbons (Fsp3) is 0.138. The number of nitrogens with one attached hydrogen (secondary N) is 1. The number of carbonyl (C=O) groups is 3. The van der Waals surface area contributed by atoms with Crippen molar-refractivity contribution in [3.63, 3.8) is 0 Å². The number of ether oxygens (including phenoxy) is 3. The van der Waals surface area contributed by atoms with E-state index in [0.717, 1.165) is 23.1 Å². The Morgan fingerprint density at radius 2 is 1.62 bits per heavy atom. The third-order valence-electron chi connectivity index (χ3n) is 6.19. The molecular formula is C29H23NO7. The molecule has 1 aliphatic rings. The van der Waals surface area contributed by atoms with Crippen LogP contribution in [-0.2, 0) is 11.2 Å². The zero-order valence-electron chi connectivity index (χ0n) is 20.2. The first-order chi connectivity index (χ1) is 18.0. The molecule has 37 heavy (non-hydrogen) atoms. The predicted molar refractivity (Wildman–Crippen MR) is 136 cm³/mol. The highest BCUT2D eigenvalue weighted by molar-refractivity contribution is 6.08. The van der Waals surface area contributed by atoms with E-state index >= 15 is 0 Å². The van der Waals surface area contributed by atoms with Gasteiger partial charge in [-0.25, -0.2) is 4.79 Å². The Kier molecular flexibility index (Phi) is 6.47. The molecule has 0 saturated heterocycles. The molecule has 0 radical (unpaired) electrons. The number of fused-ring (bicyclic) bond motifs is 3. The van der Waals surface area contributed by atoms with E-state index < -0.39 is 18.5 Å². The molecule has 5 rings (SSSR count). The van der Waals surface area contributed by atoms with Gasteiger partial charge in [-0.3, -0.25) is 9.59 Å². The number of hydrogen-bond acceptors (Lipinski definition) is 7. The number of ketones is 1. The maximum Gasteiger partial charge on any atom is 0.340 e. The molecule has 8 heteroatoms. The quantitative estimate of drug-likeness (QED) is 0.233. The molecule has 0 fully saturated rings. The molecule has 1 N–H and O–H groups in total. The monoisotopic (exact) mass is 497 g/mol. The van der Waals surface area contributed by atoms with Crippen molar-refractivity contribution in [2.45, 2.75) is 6.42 Å². The number of carbonyl (C=O) groups excluding carboxylic acids is 3. The number of rotatable bonds is 8. The number of furan rings is 1. The molecule has 0 saturated carbocycles. The molecule has 4 aromatic rings. The summed E-state index contributed by atoms with van der Waals surface area (Å²) in [6, 6.07) is 19.5. The van der Waals surface area contributed by atoms with Gasteiger partial charge in [-0.2, -0.15) is 0 Å². The normalized spacial score (nSPS) is 11.3. The standard InChI is InChI=1S/C29H23NO7/c1-34-26-14-22(23(15-27(26)35-2)30-28(32)25-8-5-11-36-25)29(33)37-16-24(31)19-10-9-18-12-17-6-3-4-7-20(17)21(18)13-19/h3-11,13-15H,12,16H2,1-2H3,(H,30,32). The third-order valence-corrected chi connectivity index (χ3v) is 6.19. The van der Waals surface area contributed by atoms with Gasteiger partial charge in [0.2, 0.25) is 0 Å². The number of hydrogen-bond donors (Lipinski definition) is 1. The first-order valence-corrected chi connectivity index (χ1v) is 11.5. The van der Waals surface area contributed by atoms with Gasteiger partial charge in [0.25, 0.3) is 5.91 Å². The fourth-order valence-electron chi connectivity index (χ4n) is 4.33. The molecule has 186 valence electrons. The summed E-state index contributed by atoms with van der Waals surface area (Å²) in [5.74, 6) is -1.11. The SMILES string of the molecule is COc1cc(NC(=O)c2ccco2)c(C(=O)OCC(=O)c2ccc3c(c2)-c2ccccc2C3)cc1OC. The second-order valence-electron chi connectivity index (χ2n) is 8.39. The summed E-state index contributed by atoms with van der Waals surface area (Å²) in [7, 11) is 2.85. The molecule has 0 unspecified atom stereocenters. The summed E-state index contributed by atoms with van der Waals surface area (Å²) >= 11 is 0. The zero-order valence-corrected chi connectivity index (χ0v) is 20.2. The van der Waals surface area contributed by atoms with E-state index in [1.165, 1.54) is 44.2 Å². The molecule has 1 heterocycles. The Bertz CT molecular complexity index is 1500. The minimum absolute atomic E-state index is 0.00626. The lowest BCUT2D eigenvalue weighted by atomic mass is 10.0. The fourth-order valence-corrected chi connectivity index (χ4v) is 4.33. The summed E-state index contributed by atoms with van der Waals surface area (Å²) in [6.45, 7) is -0.473. The zero-order chi connectivity index (χ0) is 25.9.